The second-order valence-electron chi connectivity index (χ2n) is 6.60. The van der Waals surface area contributed by atoms with E-state index in [1.54, 1.807) is 41.9 Å². The van der Waals surface area contributed by atoms with E-state index in [2.05, 4.69) is 15.6 Å². The minimum absolute atomic E-state index is 0.0364. The molecule has 0 aliphatic heterocycles. The molecule has 0 saturated carbocycles. The smallest absolute Gasteiger partial charge is 0.250 e. The first kappa shape index (κ1) is 21.5. The van der Waals surface area contributed by atoms with E-state index in [1.807, 2.05) is 19.9 Å². The molecule has 2 N–H and O–H groups in total. The van der Waals surface area contributed by atoms with Gasteiger partial charge in [0, 0.05) is 31.9 Å². The van der Waals surface area contributed by atoms with E-state index in [-0.39, 0.29) is 23.2 Å². The van der Waals surface area contributed by atoms with Gasteiger partial charge in [0.15, 0.2) is 17.5 Å². The maximum absolute atomic E-state index is 13.6. The lowest BCUT2D eigenvalue weighted by atomic mass is 10.3. The Bertz CT molecular complexity index is 835. The summed E-state index contributed by atoms with van der Waals surface area (Å²) in [5.74, 6) is 0.535. The van der Waals surface area contributed by atoms with Gasteiger partial charge in [-0.2, -0.15) is 0 Å². The third-order valence-corrected chi connectivity index (χ3v) is 4.31. The van der Waals surface area contributed by atoms with Crippen molar-refractivity contribution in [2.24, 2.45) is 4.99 Å². The summed E-state index contributed by atoms with van der Waals surface area (Å²) in [6, 6.07) is 11.7. The van der Waals surface area contributed by atoms with Crippen LogP contribution < -0.4 is 20.9 Å². The van der Waals surface area contributed by atoms with Crippen LogP contribution in [0.25, 0.3) is 0 Å². The van der Waals surface area contributed by atoms with Gasteiger partial charge in [0.2, 0.25) is 0 Å². The third-order valence-electron chi connectivity index (χ3n) is 4.31. The third kappa shape index (κ3) is 6.72. The van der Waals surface area contributed by atoms with E-state index in [0.717, 1.165) is 25.1 Å². The fourth-order valence-corrected chi connectivity index (χ4v) is 2.77. The summed E-state index contributed by atoms with van der Waals surface area (Å²) in [7, 11) is 1.70. The Hall–Kier alpha value is -2.83. The van der Waals surface area contributed by atoms with Gasteiger partial charge in [-0.25, -0.2) is 4.39 Å². The van der Waals surface area contributed by atoms with Crippen molar-refractivity contribution in [3.05, 3.63) is 64.3 Å². The average molecular weight is 388 g/mol. The number of pyridine rings is 1. The Balaban J connectivity index is 1.67. The Morgan fingerprint density at radius 2 is 1.96 bits per heavy atom. The molecule has 0 bridgehead atoms. The number of nitrogens with zero attached hydrogens (tertiary/aromatic N) is 2. The molecule has 0 aliphatic carbocycles. The molecule has 1 heterocycles. The molecule has 6 nitrogen and oxygen atoms in total. The van der Waals surface area contributed by atoms with Crippen LogP contribution in [0.2, 0.25) is 0 Å². The number of aryl methyl sites for hydroxylation is 1. The summed E-state index contributed by atoms with van der Waals surface area (Å²) in [4.78, 5) is 16.0. The molecule has 2 rings (SSSR count). The monoisotopic (exact) mass is 388 g/mol. The highest BCUT2D eigenvalue weighted by Crippen LogP contribution is 2.16. The first-order valence-corrected chi connectivity index (χ1v) is 9.53. The van der Waals surface area contributed by atoms with Crippen LogP contribution in [0.5, 0.6) is 5.75 Å². The SMILES string of the molecule is CN=C(NCCCCn1c(C)cccc1=O)NCC(C)Oc1ccccc1F. The minimum atomic E-state index is -0.371. The second-order valence-corrected chi connectivity index (χ2v) is 6.60. The van der Waals surface area contributed by atoms with Crippen LogP contribution in [0.3, 0.4) is 0 Å². The number of benzene rings is 1. The summed E-state index contributed by atoms with van der Waals surface area (Å²) in [5.41, 5.74) is 1.01. The summed E-state index contributed by atoms with van der Waals surface area (Å²) in [5, 5.41) is 6.41. The van der Waals surface area contributed by atoms with Crippen molar-refractivity contribution in [1.29, 1.82) is 0 Å². The van der Waals surface area contributed by atoms with E-state index < -0.39 is 0 Å². The highest BCUT2D eigenvalue weighted by atomic mass is 19.1. The molecule has 7 heteroatoms. The molecule has 0 radical (unpaired) electrons. The highest BCUT2D eigenvalue weighted by molar-refractivity contribution is 5.79. The van der Waals surface area contributed by atoms with Crippen molar-refractivity contribution in [1.82, 2.24) is 15.2 Å². The lowest BCUT2D eigenvalue weighted by Crippen LogP contribution is -2.42. The second kappa shape index (κ2) is 11.1. The van der Waals surface area contributed by atoms with Crippen molar-refractivity contribution in [2.45, 2.75) is 39.3 Å². The maximum atomic E-state index is 13.6. The van der Waals surface area contributed by atoms with Crippen LogP contribution in [0.15, 0.2) is 52.3 Å². The zero-order chi connectivity index (χ0) is 20.4. The maximum Gasteiger partial charge on any atom is 0.250 e. The van der Waals surface area contributed by atoms with Crippen molar-refractivity contribution >= 4 is 5.96 Å². The van der Waals surface area contributed by atoms with Gasteiger partial charge in [-0.3, -0.25) is 9.79 Å². The van der Waals surface area contributed by atoms with E-state index in [1.165, 1.54) is 6.07 Å². The van der Waals surface area contributed by atoms with Gasteiger partial charge in [0.1, 0.15) is 6.10 Å². The van der Waals surface area contributed by atoms with Crippen LogP contribution in [0.1, 0.15) is 25.5 Å². The van der Waals surface area contributed by atoms with Gasteiger partial charge in [-0.05, 0) is 44.9 Å². The lowest BCUT2D eigenvalue weighted by Gasteiger charge is -2.18. The predicted octanol–water partition coefficient (Wildman–Crippen LogP) is 2.71. The van der Waals surface area contributed by atoms with Crippen LogP contribution in [-0.2, 0) is 6.54 Å². The van der Waals surface area contributed by atoms with Gasteiger partial charge < -0.3 is 19.9 Å². The zero-order valence-corrected chi connectivity index (χ0v) is 16.7. The number of aliphatic imine (C=N–C) groups is 1. The summed E-state index contributed by atoms with van der Waals surface area (Å²) in [6.07, 6.45) is 1.58. The number of aromatic nitrogens is 1. The molecule has 0 amide bonds. The van der Waals surface area contributed by atoms with Crippen LogP contribution in [0, 0.1) is 12.7 Å². The Morgan fingerprint density at radius 1 is 1.18 bits per heavy atom. The number of hydrogen-bond acceptors (Lipinski definition) is 3. The highest BCUT2D eigenvalue weighted by Gasteiger charge is 2.08. The van der Waals surface area contributed by atoms with Crippen LogP contribution in [-0.4, -0.2) is 36.8 Å². The van der Waals surface area contributed by atoms with Gasteiger partial charge in [-0.1, -0.05) is 18.2 Å². The molecular formula is C21H29FN4O2. The summed E-state index contributed by atoms with van der Waals surface area (Å²) in [6.45, 7) is 5.74. The Kier molecular flexibility index (Phi) is 8.52. The van der Waals surface area contributed by atoms with Crippen molar-refractivity contribution in [3.8, 4) is 5.75 Å². The quantitative estimate of drug-likeness (QED) is 0.394. The van der Waals surface area contributed by atoms with Gasteiger partial charge in [0.25, 0.3) is 5.56 Å². The van der Waals surface area contributed by atoms with E-state index in [9.17, 15) is 9.18 Å². The summed E-state index contributed by atoms with van der Waals surface area (Å²) >= 11 is 0. The number of halogens is 1. The number of para-hydroxylation sites is 1. The molecule has 2 aromatic rings. The first-order valence-electron chi connectivity index (χ1n) is 9.53. The molecule has 0 spiro atoms. The topological polar surface area (TPSA) is 67.7 Å². The number of guanidine groups is 1. The van der Waals surface area contributed by atoms with Gasteiger partial charge in [-0.15, -0.1) is 0 Å². The molecular weight excluding hydrogens is 359 g/mol. The number of rotatable bonds is 9. The number of unbranched alkanes of at least 4 members (excludes halogenated alkanes) is 1. The van der Waals surface area contributed by atoms with E-state index >= 15 is 0 Å². The van der Waals surface area contributed by atoms with E-state index in [0.29, 0.717) is 19.0 Å². The number of nitrogens with one attached hydrogen (secondary N) is 2. The zero-order valence-electron chi connectivity index (χ0n) is 16.7. The molecule has 1 atom stereocenters. The minimum Gasteiger partial charge on any atom is -0.486 e. The standard InChI is InChI=1S/C21H29FN4O2/c1-16-9-8-12-20(27)26(16)14-7-6-13-24-21(23-3)25-15-17(2)28-19-11-5-4-10-18(19)22/h4-5,8-12,17H,6-7,13-15H2,1-3H3,(H2,23,24,25). The van der Waals surface area contributed by atoms with Crippen molar-refractivity contribution < 1.29 is 9.13 Å². The Labute approximate surface area is 165 Å². The molecule has 152 valence electrons. The molecule has 0 saturated heterocycles. The normalized spacial score (nSPS) is 12.5. The fraction of sp³-hybridized carbons (Fsp3) is 0.429. The van der Waals surface area contributed by atoms with E-state index in [4.69, 9.17) is 4.74 Å². The molecule has 1 unspecified atom stereocenters. The van der Waals surface area contributed by atoms with Crippen LogP contribution in [0.4, 0.5) is 4.39 Å². The number of hydrogen-bond donors (Lipinski definition) is 2. The van der Waals surface area contributed by atoms with Gasteiger partial charge >= 0.3 is 0 Å². The number of ether oxygens (including phenoxy) is 1. The predicted molar refractivity (Wildman–Crippen MR) is 111 cm³/mol. The van der Waals surface area contributed by atoms with Crippen LogP contribution >= 0.6 is 0 Å². The Morgan fingerprint density at radius 3 is 2.68 bits per heavy atom. The molecule has 0 aliphatic rings. The van der Waals surface area contributed by atoms with Crippen molar-refractivity contribution in [3.63, 3.8) is 0 Å². The lowest BCUT2D eigenvalue weighted by molar-refractivity contribution is 0.214. The largest absolute Gasteiger partial charge is 0.486 e. The average Bonchev–Trinajstić information content (AvgIpc) is 2.67. The first-order chi connectivity index (χ1) is 13.5. The molecule has 1 aromatic carbocycles. The molecule has 28 heavy (non-hydrogen) atoms. The molecule has 1 aromatic heterocycles. The molecule has 0 fully saturated rings. The van der Waals surface area contributed by atoms with Crippen molar-refractivity contribution in [2.75, 3.05) is 20.1 Å². The van der Waals surface area contributed by atoms with Gasteiger partial charge in [0.05, 0.1) is 6.54 Å². The summed E-state index contributed by atoms with van der Waals surface area (Å²) < 4.78 is 21.0. The fourth-order valence-electron chi connectivity index (χ4n) is 2.77.